The Morgan fingerprint density at radius 2 is 2.26 bits per heavy atom. The molecule has 2 rings (SSSR count). The Kier molecular flexibility index (Phi) is 4.04. The molecule has 5 nitrogen and oxygen atoms in total. The first-order chi connectivity index (χ1) is 9.26. The van der Waals surface area contributed by atoms with E-state index >= 15 is 0 Å². The summed E-state index contributed by atoms with van der Waals surface area (Å²) < 4.78 is 12.5. The molecule has 0 N–H and O–H groups in total. The molecule has 0 fully saturated rings. The van der Waals surface area contributed by atoms with Gasteiger partial charge in [0.05, 0.1) is 25.1 Å². The Morgan fingerprint density at radius 1 is 1.42 bits per heavy atom. The predicted octanol–water partition coefficient (Wildman–Crippen LogP) is 2.36. The van der Waals surface area contributed by atoms with Crippen LogP contribution in [-0.2, 0) is 13.2 Å². The molecular weight excluding hydrogens is 242 g/mol. The molecule has 1 aromatic carbocycles. The highest BCUT2D eigenvalue weighted by atomic mass is 16.5. The fourth-order valence-corrected chi connectivity index (χ4v) is 1.69. The van der Waals surface area contributed by atoms with Gasteiger partial charge in [0, 0.05) is 6.54 Å². The predicted molar refractivity (Wildman–Crippen MR) is 69.9 cm³/mol. The number of aryl methyl sites for hydroxylation is 1. The summed E-state index contributed by atoms with van der Waals surface area (Å²) in [5.74, 6) is 1.29. The van der Waals surface area contributed by atoms with E-state index in [0.29, 0.717) is 17.9 Å². The van der Waals surface area contributed by atoms with Crippen molar-refractivity contribution >= 4 is 0 Å². The van der Waals surface area contributed by atoms with E-state index in [1.807, 2.05) is 19.2 Å². The van der Waals surface area contributed by atoms with Gasteiger partial charge in [-0.25, -0.2) is 0 Å². The lowest BCUT2D eigenvalue weighted by Gasteiger charge is -2.06. The third kappa shape index (κ3) is 3.05. The second kappa shape index (κ2) is 5.91. The van der Waals surface area contributed by atoms with E-state index in [9.17, 15) is 0 Å². The van der Waals surface area contributed by atoms with Crippen molar-refractivity contribution in [3.8, 4) is 17.6 Å². The number of benzene rings is 1. The standard InChI is InChI=1S/C14H15N3O2/c1-3-17-9-13(8-16-17)19-10-11-4-5-14(18-2)12(6-11)7-15/h4-6,8-9H,3,10H2,1-2H3. The summed E-state index contributed by atoms with van der Waals surface area (Å²) >= 11 is 0. The van der Waals surface area contributed by atoms with Crippen molar-refractivity contribution in [1.82, 2.24) is 9.78 Å². The van der Waals surface area contributed by atoms with Crippen molar-refractivity contribution in [2.75, 3.05) is 7.11 Å². The van der Waals surface area contributed by atoms with E-state index in [2.05, 4.69) is 11.2 Å². The Hall–Kier alpha value is -2.48. The van der Waals surface area contributed by atoms with Gasteiger partial charge in [-0.2, -0.15) is 10.4 Å². The normalized spacial score (nSPS) is 9.95. The second-order valence-corrected chi connectivity index (χ2v) is 3.97. The third-order valence-corrected chi connectivity index (χ3v) is 2.72. The van der Waals surface area contributed by atoms with Crippen LogP contribution in [0.2, 0.25) is 0 Å². The van der Waals surface area contributed by atoms with Crippen LogP contribution < -0.4 is 9.47 Å². The molecule has 0 aliphatic heterocycles. The van der Waals surface area contributed by atoms with E-state index in [1.54, 1.807) is 30.1 Å². The summed E-state index contributed by atoms with van der Waals surface area (Å²) in [5.41, 5.74) is 1.43. The number of methoxy groups -OCH3 is 1. The van der Waals surface area contributed by atoms with Crippen LogP contribution in [0.5, 0.6) is 11.5 Å². The smallest absolute Gasteiger partial charge is 0.157 e. The summed E-state index contributed by atoms with van der Waals surface area (Å²) in [5, 5.41) is 13.1. The van der Waals surface area contributed by atoms with Gasteiger partial charge in [-0.05, 0) is 24.6 Å². The number of nitrogens with zero attached hydrogens (tertiary/aromatic N) is 3. The van der Waals surface area contributed by atoms with Crippen LogP contribution in [0.25, 0.3) is 0 Å². The highest BCUT2D eigenvalue weighted by Gasteiger charge is 2.05. The summed E-state index contributed by atoms with van der Waals surface area (Å²) in [7, 11) is 1.55. The molecule has 0 radical (unpaired) electrons. The van der Waals surface area contributed by atoms with Crippen LogP contribution in [0.15, 0.2) is 30.6 Å². The Morgan fingerprint density at radius 3 is 2.89 bits per heavy atom. The minimum Gasteiger partial charge on any atom is -0.495 e. The maximum absolute atomic E-state index is 9.01. The number of hydrogen-bond acceptors (Lipinski definition) is 4. The van der Waals surface area contributed by atoms with Gasteiger partial charge in [-0.3, -0.25) is 4.68 Å². The van der Waals surface area contributed by atoms with Crippen LogP contribution in [0.3, 0.4) is 0 Å². The highest BCUT2D eigenvalue weighted by Crippen LogP contribution is 2.20. The lowest BCUT2D eigenvalue weighted by atomic mass is 10.1. The van der Waals surface area contributed by atoms with Crippen molar-refractivity contribution in [1.29, 1.82) is 5.26 Å². The minimum absolute atomic E-state index is 0.397. The topological polar surface area (TPSA) is 60.1 Å². The molecule has 0 atom stereocenters. The number of ether oxygens (including phenoxy) is 2. The van der Waals surface area contributed by atoms with Crippen LogP contribution in [-0.4, -0.2) is 16.9 Å². The summed E-state index contributed by atoms with van der Waals surface area (Å²) in [4.78, 5) is 0. The third-order valence-electron chi connectivity index (χ3n) is 2.72. The molecule has 0 amide bonds. The van der Waals surface area contributed by atoms with Gasteiger partial charge >= 0.3 is 0 Å². The average Bonchev–Trinajstić information content (AvgIpc) is 2.92. The first-order valence-corrected chi connectivity index (χ1v) is 5.99. The van der Waals surface area contributed by atoms with Gasteiger partial charge in [-0.1, -0.05) is 6.07 Å². The van der Waals surface area contributed by atoms with E-state index in [-0.39, 0.29) is 0 Å². The van der Waals surface area contributed by atoms with Crippen LogP contribution in [0, 0.1) is 11.3 Å². The van der Waals surface area contributed by atoms with Crippen LogP contribution in [0.1, 0.15) is 18.1 Å². The molecule has 0 spiro atoms. The number of rotatable bonds is 5. The average molecular weight is 257 g/mol. The molecule has 1 heterocycles. The molecule has 1 aromatic heterocycles. The van der Waals surface area contributed by atoms with Gasteiger partial charge in [-0.15, -0.1) is 0 Å². The molecule has 0 aliphatic carbocycles. The lowest BCUT2D eigenvalue weighted by molar-refractivity contribution is 0.305. The Balaban J connectivity index is 2.05. The maximum atomic E-state index is 9.01. The number of hydrogen-bond donors (Lipinski definition) is 0. The first-order valence-electron chi connectivity index (χ1n) is 5.99. The monoisotopic (exact) mass is 257 g/mol. The minimum atomic E-state index is 0.397. The fraction of sp³-hybridized carbons (Fsp3) is 0.286. The van der Waals surface area contributed by atoms with Crippen LogP contribution in [0.4, 0.5) is 0 Å². The zero-order valence-corrected chi connectivity index (χ0v) is 11.0. The molecule has 19 heavy (non-hydrogen) atoms. The number of aromatic nitrogens is 2. The molecule has 0 aliphatic rings. The summed E-state index contributed by atoms with van der Waals surface area (Å²) in [6, 6.07) is 7.52. The van der Waals surface area contributed by atoms with Gasteiger partial charge < -0.3 is 9.47 Å². The molecule has 98 valence electrons. The molecule has 2 aromatic rings. The van der Waals surface area contributed by atoms with Gasteiger partial charge in [0.1, 0.15) is 18.4 Å². The van der Waals surface area contributed by atoms with Gasteiger partial charge in [0.25, 0.3) is 0 Å². The first kappa shape index (κ1) is 13.0. The molecule has 0 unspecified atom stereocenters. The van der Waals surface area contributed by atoms with E-state index in [4.69, 9.17) is 14.7 Å². The van der Waals surface area contributed by atoms with Crippen molar-refractivity contribution in [3.05, 3.63) is 41.7 Å². The quantitative estimate of drug-likeness (QED) is 0.825. The molecule has 0 saturated heterocycles. The molecule has 0 bridgehead atoms. The molecular formula is C14H15N3O2. The Bertz CT molecular complexity index is 599. The van der Waals surface area contributed by atoms with Crippen molar-refractivity contribution in [2.24, 2.45) is 0 Å². The second-order valence-electron chi connectivity index (χ2n) is 3.97. The number of nitriles is 1. The maximum Gasteiger partial charge on any atom is 0.157 e. The van der Waals surface area contributed by atoms with Crippen molar-refractivity contribution < 1.29 is 9.47 Å². The summed E-state index contributed by atoms with van der Waals surface area (Å²) in [6.45, 7) is 3.22. The van der Waals surface area contributed by atoms with E-state index < -0.39 is 0 Å². The van der Waals surface area contributed by atoms with Crippen LogP contribution >= 0.6 is 0 Å². The summed E-state index contributed by atoms with van der Waals surface area (Å²) in [6.07, 6.45) is 3.52. The fourth-order valence-electron chi connectivity index (χ4n) is 1.69. The molecule has 5 heteroatoms. The SMILES string of the molecule is CCn1cc(OCc2ccc(OC)c(C#N)c2)cn1. The van der Waals surface area contributed by atoms with Gasteiger partial charge in [0.15, 0.2) is 5.75 Å². The Labute approximate surface area is 112 Å². The van der Waals surface area contributed by atoms with Gasteiger partial charge in [0.2, 0.25) is 0 Å². The lowest BCUT2D eigenvalue weighted by Crippen LogP contribution is -1.97. The van der Waals surface area contributed by atoms with E-state index in [0.717, 1.165) is 17.9 Å². The van der Waals surface area contributed by atoms with E-state index in [1.165, 1.54) is 0 Å². The van der Waals surface area contributed by atoms with Crippen molar-refractivity contribution in [2.45, 2.75) is 20.1 Å². The zero-order chi connectivity index (χ0) is 13.7. The zero-order valence-electron chi connectivity index (χ0n) is 11.0. The largest absolute Gasteiger partial charge is 0.495 e. The highest BCUT2D eigenvalue weighted by molar-refractivity contribution is 5.45. The van der Waals surface area contributed by atoms with Crippen molar-refractivity contribution in [3.63, 3.8) is 0 Å². The molecule has 0 saturated carbocycles.